The molecule has 0 bridgehead atoms. The number of nitrogens with zero attached hydrogens (tertiary/aromatic N) is 1. The van der Waals surface area contributed by atoms with Crippen LogP contribution in [0.3, 0.4) is 0 Å². The molecule has 3 rings (SSSR count). The molecule has 3 aromatic rings. The lowest BCUT2D eigenvalue weighted by Gasteiger charge is -2.18. The van der Waals surface area contributed by atoms with Crippen molar-refractivity contribution in [2.75, 3.05) is 5.32 Å². The van der Waals surface area contributed by atoms with Crippen LogP contribution in [0.2, 0.25) is 15.1 Å². The number of alkyl halides is 3. The van der Waals surface area contributed by atoms with Gasteiger partial charge in [-0.1, -0.05) is 75.7 Å². The van der Waals surface area contributed by atoms with E-state index < -0.39 is 32.9 Å². The van der Waals surface area contributed by atoms with Gasteiger partial charge in [-0.25, -0.2) is 18.6 Å². The number of urea groups is 1. The minimum absolute atomic E-state index is 0.0160. The molecule has 0 aliphatic carbocycles. The number of amides is 3. The molecule has 0 unspecified atom stereocenters. The van der Waals surface area contributed by atoms with E-state index >= 15 is 0 Å². The fraction of sp³-hybridized carbons (Fsp3) is 0.0500. The summed E-state index contributed by atoms with van der Waals surface area (Å²) in [6, 6.07) is 5.53. The van der Waals surface area contributed by atoms with Gasteiger partial charge >= 0.3 is 6.03 Å². The van der Waals surface area contributed by atoms with Crippen molar-refractivity contribution >= 4 is 87.2 Å². The second-order valence-electron chi connectivity index (χ2n) is 6.35. The fourth-order valence-electron chi connectivity index (χ4n) is 2.62. The zero-order valence-corrected chi connectivity index (χ0v) is 20.8. The summed E-state index contributed by atoms with van der Waals surface area (Å²) in [5, 5.41) is 3.90. The zero-order valence-electron chi connectivity index (χ0n) is 16.2. The van der Waals surface area contributed by atoms with Gasteiger partial charge in [-0.15, -0.1) is 0 Å². The molecule has 1 aromatic heterocycles. The van der Waals surface area contributed by atoms with E-state index in [1.807, 2.05) is 0 Å². The SMILES string of the molecule is O=C(NC(=O)c1c(F)cccc1F)Nc1cc(Cl)c(Oc2nccc(Cl)c2C(Cl)(Cl)Cl)c(Cl)c1. The van der Waals surface area contributed by atoms with Gasteiger partial charge in [0.2, 0.25) is 9.67 Å². The Morgan fingerprint density at radius 1 is 0.941 bits per heavy atom. The molecule has 0 saturated carbocycles. The summed E-state index contributed by atoms with van der Waals surface area (Å²) in [6.07, 6.45) is 1.30. The standard InChI is InChI=1S/C20H9Cl6F2N3O3/c21-9-4-5-29-18(15(9)20(24,25)26)34-16-10(22)6-8(7-11(16)23)30-19(33)31-17(32)14-12(27)2-1-3-13(14)28/h1-7H,(H2,30,31,32,33). The first-order valence-corrected chi connectivity index (χ1v) is 11.1. The van der Waals surface area contributed by atoms with E-state index in [1.54, 1.807) is 5.32 Å². The lowest BCUT2D eigenvalue weighted by Crippen LogP contribution is -2.35. The molecule has 178 valence electrons. The summed E-state index contributed by atoms with van der Waals surface area (Å²) < 4.78 is 31.1. The number of benzene rings is 2. The van der Waals surface area contributed by atoms with Crippen molar-refractivity contribution in [3.8, 4) is 11.6 Å². The molecule has 3 amide bonds. The summed E-state index contributed by atoms with van der Waals surface area (Å²) in [5.41, 5.74) is -0.965. The van der Waals surface area contributed by atoms with Crippen molar-refractivity contribution in [3.63, 3.8) is 0 Å². The van der Waals surface area contributed by atoms with Crippen LogP contribution >= 0.6 is 69.6 Å². The molecule has 6 nitrogen and oxygen atoms in total. The maximum atomic E-state index is 13.7. The van der Waals surface area contributed by atoms with Crippen LogP contribution in [0.1, 0.15) is 15.9 Å². The second kappa shape index (κ2) is 10.7. The van der Waals surface area contributed by atoms with Gasteiger partial charge in [0, 0.05) is 11.9 Å². The zero-order chi connectivity index (χ0) is 25.2. The summed E-state index contributed by atoms with van der Waals surface area (Å²) >= 11 is 36.3. The Morgan fingerprint density at radius 3 is 2.09 bits per heavy atom. The second-order valence-corrected chi connectivity index (χ2v) is 9.85. The van der Waals surface area contributed by atoms with Crippen molar-refractivity contribution in [1.29, 1.82) is 0 Å². The predicted molar refractivity (Wildman–Crippen MR) is 128 cm³/mol. The molecule has 0 aliphatic heterocycles. The van der Waals surface area contributed by atoms with Crippen LogP contribution < -0.4 is 15.4 Å². The van der Waals surface area contributed by atoms with Gasteiger partial charge in [-0.05, 0) is 30.3 Å². The smallest absolute Gasteiger partial charge is 0.326 e. The van der Waals surface area contributed by atoms with Crippen molar-refractivity contribution in [1.82, 2.24) is 10.3 Å². The van der Waals surface area contributed by atoms with Gasteiger partial charge in [0.25, 0.3) is 5.91 Å². The largest absolute Gasteiger partial charge is 0.435 e. The Labute approximate surface area is 221 Å². The van der Waals surface area contributed by atoms with Gasteiger partial charge < -0.3 is 10.1 Å². The molecule has 14 heteroatoms. The minimum Gasteiger partial charge on any atom is -0.435 e. The molecular weight excluding hydrogens is 581 g/mol. The normalized spacial score (nSPS) is 11.2. The number of hydrogen-bond donors (Lipinski definition) is 2. The van der Waals surface area contributed by atoms with Crippen LogP contribution in [-0.4, -0.2) is 16.9 Å². The maximum Gasteiger partial charge on any atom is 0.326 e. The number of nitrogens with one attached hydrogen (secondary N) is 2. The molecule has 0 radical (unpaired) electrons. The van der Waals surface area contributed by atoms with E-state index in [-0.39, 0.29) is 37.9 Å². The van der Waals surface area contributed by atoms with E-state index in [0.717, 1.165) is 18.2 Å². The number of imide groups is 1. The molecule has 1 heterocycles. The monoisotopic (exact) mass is 587 g/mol. The average Bonchev–Trinajstić information content (AvgIpc) is 2.69. The van der Waals surface area contributed by atoms with Crippen molar-refractivity contribution in [2.24, 2.45) is 0 Å². The summed E-state index contributed by atoms with van der Waals surface area (Å²) in [5.74, 6) is -3.86. The molecule has 0 atom stereocenters. The van der Waals surface area contributed by atoms with Gasteiger partial charge in [0.15, 0.2) is 5.75 Å². The Kier molecular flexibility index (Phi) is 8.34. The number of ether oxygens (including phenoxy) is 1. The molecule has 0 fully saturated rings. The molecule has 2 aromatic carbocycles. The summed E-state index contributed by atoms with van der Waals surface area (Å²) in [7, 11) is 0. The van der Waals surface area contributed by atoms with Gasteiger partial charge in [0.05, 0.1) is 20.6 Å². The highest BCUT2D eigenvalue weighted by Gasteiger charge is 2.32. The van der Waals surface area contributed by atoms with Crippen LogP contribution in [0.4, 0.5) is 19.3 Å². The first kappa shape index (κ1) is 26.5. The number of rotatable bonds is 4. The van der Waals surface area contributed by atoms with E-state index in [2.05, 4.69) is 10.3 Å². The molecule has 0 spiro atoms. The number of anilines is 1. The Balaban J connectivity index is 1.80. The first-order valence-electron chi connectivity index (χ1n) is 8.83. The lowest BCUT2D eigenvalue weighted by atomic mass is 10.2. The number of halogens is 8. The Morgan fingerprint density at radius 2 is 1.53 bits per heavy atom. The third kappa shape index (κ3) is 6.13. The van der Waals surface area contributed by atoms with Crippen molar-refractivity contribution in [3.05, 3.63) is 80.4 Å². The summed E-state index contributed by atoms with van der Waals surface area (Å²) in [4.78, 5) is 28.2. The van der Waals surface area contributed by atoms with Crippen molar-refractivity contribution < 1.29 is 23.1 Å². The number of pyridine rings is 1. The van der Waals surface area contributed by atoms with Gasteiger partial charge in [-0.3, -0.25) is 10.1 Å². The highest BCUT2D eigenvalue weighted by atomic mass is 35.6. The summed E-state index contributed by atoms with van der Waals surface area (Å²) in [6.45, 7) is 0. The lowest BCUT2D eigenvalue weighted by molar-refractivity contribution is 0.0959. The van der Waals surface area contributed by atoms with Crippen LogP contribution in [-0.2, 0) is 3.79 Å². The van der Waals surface area contributed by atoms with Crippen LogP contribution in [0.25, 0.3) is 0 Å². The highest BCUT2D eigenvalue weighted by molar-refractivity contribution is 6.67. The van der Waals surface area contributed by atoms with Crippen LogP contribution in [0.15, 0.2) is 42.6 Å². The molecule has 2 N–H and O–H groups in total. The molecular formula is C20H9Cl6F2N3O3. The van der Waals surface area contributed by atoms with E-state index in [1.165, 1.54) is 24.4 Å². The third-order valence-electron chi connectivity index (χ3n) is 4.02. The van der Waals surface area contributed by atoms with Gasteiger partial charge in [-0.2, -0.15) is 0 Å². The van der Waals surface area contributed by atoms with Crippen LogP contribution in [0, 0.1) is 11.6 Å². The highest BCUT2D eigenvalue weighted by Crippen LogP contribution is 2.48. The Bertz CT molecular complexity index is 1240. The third-order valence-corrected chi connectivity index (χ3v) is 5.46. The first-order chi connectivity index (χ1) is 15.9. The predicted octanol–water partition coefficient (Wildman–Crippen LogP) is 7.90. The molecule has 0 aliphatic rings. The van der Waals surface area contributed by atoms with Crippen LogP contribution in [0.5, 0.6) is 11.6 Å². The molecule has 34 heavy (non-hydrogen) atoms. The number of carbonyl (C=O) groups is 2. The van der Waals surface area contributed by atoms with Gasteiger partial charge in [0.1, 0.15) is 17.2 Å². The quantitative estimate of drug-likeness (QED) is 0.303. The van der Waals surface area contributed by atoms with E-state index in [0.29, 0.717) is 0 Å². The topological polar surface area (TPSA) is 80.3 Å². The Hall–Kier alpha value is -2.07. The molecule has 0 saturated heterocycles. The van der Waals surface area contributed by atoms with Crippen molar-refractivity contribution in [2.45, 2.75) is 3.79 Å². The van der Waals surface area contributed by atoms with E-state index in [4.69, 9.17) is 74.3 Å². The fourth-order valence-corrected chi connectivity index (χ4v) is 4.16. The number of hydrogen-bond acceptors (Lipinski definition) is 4. The number of aromatic nitrogens is 1. The number of carbonyl (C=O) groups excluding carboxylic acids is 2. The average molecular weight is 590 g/mol. The van der Waals surface area contributed by atoms with E-state index in [9.17, 15) is 18.4 Å². The maximum absolute atomic E-state index is 13.7. The minimum atomic E-state index is -1.98.